The maximum absolute atomic E-state index is 12.7. The van der Waals surface area contributed by atoms with Gasteiger partial charge >= 0.3 is 0 Å². The van der Waals surface area contributed by atoms with Crippen molar-refractivity contribution in [3.05, 3.63) is 35.4 Å². The number of benzene rings is 1. The third-order valence-corrected chi connectivity index (χ3v) is 6.45. The molecule has 160 valence electrons. The number of nitrogens with one attached hydrogen (secondary N) is 2. The van der Waals surface area contributed by atoms with Gasteiger partial charge in [0.1, 0.15) is 5.54 Å². The van der Waals surface area contributed by atoms with E-state index in [4.69, 9.17) is 0 Å². The van der Waals surface area contributed by atoms with Crippen molar-refractivity contribution in [2.45, 2.75) is 25.8 Å². The summed E-state index contributed by atoms with van der Waals surface area (Å²) in [6, 6.07) is 7.88. The predicted octanol–water partition coefficient (Wildman–Crippen LogP) is -0.738. The van der Waals surface area contributed by atoms with Gasteiger partial charge in [-0.25, -0.2) is 8.42 Å². The van der Waals surface area contributed by atoms with Crippen LogP contribution in [0.2, 0.25) is 0 Å². The van der Waals surface area contributed by atoms with Crippen molar-refractivity contribution in [3.63, 3.8) is 0 Å². The van der Waals surface area contributed by atoms with Gasteiger partial charge in [0.2, 0.25) is 27.7 Å². The van der Waals surface area contributed by atoms with Gasteiger partial charge in [0, 0.05) is 20.1 Å². The molecule has 1 atom stereocenters. The Morgan fingerprint density at radius 3 is 2.48 bits per heavy atom. The number of aryl methyl sites for hydroxylation is 1. The summed E-state index contributed by atoms with van der Waals surface area (Å²) in [5.74, 6) is -1.43. The summed E-state index contributed by atoms with van der Waals surface area (Å²) in [5, 5.41) is 5.25. The number of piperazine rings is 1. The van der Waals surface area contributed by atoms with Crippen LogP contribution in [0.1, 0.15) is 18.1 Å². The van der Waals surface area contributed by atoms with E-state index in [1.165, 1.54) is 18.9 Å². The van der Waals surface area contributed by atoms with E-state index < -0.39 is 27.4 Å². The van der Waals surface area contributed by atoms with Crippen molar-refractivity contribution in [3.8, 4) is 0 Å². The molecule has 3 amide bonds. The van der Waals surface area contributed by atoms with Gasteiger partial charge in [0.05, 0.1) is 19.3 Å². The molecule has 0 unspecified atom stereocenters. The molecule has 1 aliphatic heterocycles. The van der Waals surface area contributed by atoms with Crippen LogP contribution in [0, 0.1) is 6.92 Å². The number of carbonyl (C=O) groups is 3. The van der Waals surface area contributed by atoms with Crippen LogP contribution in [0.3, 0.4) is 0 Å². The molecule has 10 heteroatoms. The minimum Gasteiger partial charge on any atom is -0.354 e. The first-order chi connectivity index (χ1) is 13.4. The van der Waals surface area contributed by atoms with Crippen LogP contribution in [-0.2, 0) is 30.8 Å². The number of hydrogen-bond acceptors (Lipinski definition) is 5. The highest BCUT2D eigenvalue weighted by molar-refractivity contribution is 7.88. The molecule has 1 fully saturated rings. The molecule has 2 N–H and O–H groups in total. The molecule has 0 radical (unpaired) electrons. The Kier molecular flexibility index (Phi) is 7.02. The lowest BCUT2D eigenvalue weighted by Gasteiger charge is -2.44. The Morgan fingerprint density at radius 2 is 1.86 bits per heavy atom. The average Bonchev–Trinajstić information content (AvgIpc) is 2.64. The van der Waals surface area contributed by atoms with Crippen LogP contribution in [0.4, 0.5) is 0 Å². The van der Waals surface area contributed by atoms with Crippen molar-refractivity contribution in [2.24, 2.45) is 0 Å². The second kappa shape index (κ2) is 8.91. The largest absolute Gasteiger partial charge is 0.354 e. The number of carbonyl (C=O) groups excluding carboxylic acids is 3. The summed E-state index contributed by atoms with van der Waals surface area (Å²) in [4.78, 5) is 38.1. The maximum atomic E-state index is 12.7. The topological polar surface area (TPSA) is 116 Å². The van der Waals surface area contributed by atoms with E-state index in [0.29, 0.717) is 13.0 Å². The Bertz CT molecular complexity index is 902. The molecular formula is C19H28N4O5S. The van der Waals surface area contributed by atoms with Gasteiger partial charge in [-0.15, -0.1) is 0 Å². The van der Waals surface area contributed by atoms with E-state index in [2.05, 4.69) is 10.6 Å². The van der Waals surface area contributed by atoms with E-state index in [1.807, 2.05) is 31.2 Å². The Labute approximate surface area is 171 Å². The zero-order valence-corrected chi connectivity index (χ0v) is 18.0. The summed E-state index contributed by atoms with van der Waals surface area (Å²) in [7, 11) is -2.19. The number of hydrogen-bond donors (Lipinski definition) is 2. The Balaban J connectivity index is 1.90. The quantitative estimate of drug-likeness (QED) is 0.598. The number of sulfonamides is 1. The van der Waals surface area contributed by atoms with Crippen molar-refractivity contribution >= 4 is 27.7 Å². The van der Waals surface area contributed by atoms with Crippen LogP contribution < -0.4 is 10.6 Å². The van der Waals surface area contributed by atoms with Crippen LogP contribution in [0.15, 0.2) is 24.3 Å². The van der Waals surface area contributed by atoms with E-state index in [-0.39, 0.29) is 25.5 Å². The number of amides is 3. The van der Waals surface area contributed by atoms with E-state index in [1.54, 1.807) is 0 Å². The zero-order chi connectivity index (χ0) is 21.8. The smallest absolute Gasteiger partial charge is 0.247 e. The highest BCUT2D eigenvalue weighted by atomic mass is 32.2. The summed E-state index contributed by atoms with van der Waals surface area (Å²) >= 11 is 0. The third-order valence-electron chi connectivity index (χ3n) is 5.26. The SMILES string of the molecule is Cc1ccccc1CCNC(=O)CNC(=O)[C@@]1(C)CN(S(C)(=O)=O)CC(=O)N1C. The molecule has 1 aliphatic rings. The molecule has 0 spiro atoms. The van der Waals surface area contributed by atoms with Crippen molar-refractivity contribution in [2.75, 3.05) is 39.5 Å². The second-order valence-electron chi connectivity index (χ2n) is 7.47. The lowest BCUT2D eigenvalue weighted by atomic mass is 9.96. The fourth-order valence-corrected chi connectivity index (χ4v) is 3.97. The molecule has 0 saturated carbocycles. The van der Waals surface area contributed by atoms with Crippen LogP contribution >= 0.6 is 0 Å². The number of likely N-dealkylation sites (N-methyl/N-ethyl adjacent to an activating group) is 1. The molecule has 0 aromatic heterocycles. The first-order valence-electron chi connectivity index (χ1n) is 9.26. The standard InChI is InChI=1S/C19H28N4O5S/c1-14-7-5-6-8-15(14)9-10-20-16(24)11-21-18(26)19(2)13-23(29(4,27)28)12-17(25)22(19)3/h5-8H,9-13H2,1-4H3,(H,20,24)(H,21,26)/t19-/m1/s1. The van der Waals surface area contributed by atoms with Crippen molar-refractivity contribution < 1.29 is 22.8 Å². The number of nitrogens with zero attached hydrogens (tertiary/aromatic N) is 2. The molecule has 0 aliphatic carbocycles. The molecule has 29 heavy (non-hydrogen) atoms. The summed E-state index contributed by atoms with van der Waals surface area (Å²) in [6.07, 6.45) is 1.66. The van der Waals surface area contributed by atoms with Gasteiger partial charge in [-0.05, 0) is 31.4 Å². The molecule has 1 saturated heterocycles. The van der Waals surface area contributed by atoms with Crippen LogP contribution in [0.25, 0.3) is 0 Å². The van der Waals surface area contributed by atoms with Gasteiger partial charge in [-0.3, -0.25) is 14.4 Å². The average molecular weight is 425 g/mol. The maximum Gasteiger partial charge on any atom is 0.247 e. The second-order valence-corrected chi connectivity index (χ2v) is 9.45. The predicted molar refractivity (Wildman–Crippen MR) is 108 cm³/mol. The summed E-state index contributed by atoms with van der Waals surface area (Å²) < 4.78 is 24.6. The van der Waals surface area contributed by atoms with Gasteiger partial charge < -0.3 is 15.5 Å². The summed E-state index contributed by atoms with van der Waals surface area (Å²) in [6.45, 7) is 3.17. The molecular weight excluding hydrogens is 396 g/mol. The van der Waals surface area contributed by atoms with E-state index >= 15 is 0 Å². The third kappa shape index (κ3) is 5.54. The van der Waals surface area contributed by atoms with Crippen molar-refractivity contribution in [1.29, 1.82) is 0 Å². The monoisotopic (exact) mass is 424 g/mol. The van der Waals surface area contributed by atoms with Gasteiger partial charge in [0.15, 0.2) is 0 Å². The highest BCUT2D eigenvalue weighted by Crippen LogP contribution is 2.22. The molecule has 1 heterocycles. The Hall–Kier alpha value is -2.46. The first kappa shape index (κ1) is 22.8. The molecule has 1 aromatic rings. The molecule has 9 nitrogen and oxygen atoms in total. The lowest BCUT2D eigenvalue weighted by molar-refractivity contribution is -0.150. The van der Waals surface area contributed by atoms with Gasteiger partial charge in [-0.2, -0.15) is 4.31 Å². The molecule has 2 rings (SSSR count). The lowest BCUT2D eigenvalue weighted by Crippen LogP contribution is -2.68. The van der Waals surface area contributed by atoms with Crippen LogP contribution in [0.5, 0.6) is 0 Å². The highest BCUT2D eigenvalue weighted by Gasteiger charge is 2.47. The van der Waals surface area contributed by atoms with Gasteiger partial charge in [0.25, 0.3) is 0 Å². The first-order valence-corrected chi connectivity index (χ1v) is 11.1. The minimum absolute atomic E-state index is 0.172. The van der Waals surface area contributed by atoms with Crippen LogP contribution in [-0.4, -0.2) is 80.4 Å². The van der Waals surface area contributed by atoms with E-state index in [0.717, 1.165) is 21.7 Å². The number of rotatable bonds is 7. The van der Waals surface area contributed by atoms with Crippen molar-refractivity contribution in [1.82, 2.24) is 19.8 Å². The zero-order valence-electron chi connectivity index (χ0n) is 17.2. The van der Waals surface area contributed by atoms with Gasteiger partial charge in [-0.1, -0.05) is 24.3 Å². The minimum atomic E-state index is -3.63. The fourth-order valence-electron chi connectivity index (χ4n) is 3.14. The molecule has 0 bridgehead atoms. The normalized spacial score (nSPS) is 20.4. The Morgan fingerprint density at radius 1 is 1.21 bits per heavy atom. The fraction of sp³-hybridized carbons (Fsp3) is 0.526. The molecule has 1 aromatic carbocycles. The van der Waals surface area contributed by atoms with E-state index in [9.17, 15) is 22.8 Å². The summed E-state index contributed by atoms with van der Waals surface area (Å²) in [5.41, 5.74) is 0.871.